The van der Waals surface area contributed by atoms with Crippen LogP contribution >= 0.6 is 20.8 Å². The summed E-state index contributed by atoms with van der Waals surface area (Å²) in [6, 6.07) is 42.0. The van der Waals surface area contributed by atoms with Gasteiger partial charge in [0.05, 0.1) is 0 Å². The van der Waals surface area contributed by atoms with Gasteiger partial charge in [-0.25, -0.2) is 0 Å². The Balaban J connectivity index is 2.21. The molecule has 0 N–H and O–H groups in total. The minimum atomic E-state index is -3.09. The van der Waals surface area contributed by atoms with Crippen LogP contribution in [0.1, 0.15) is 25.3 Å². The molecule has 0 fully saturated rings. The summed E-state index contributed by atoms with van der Waals surface area (Å²) >= 11 is 4.54. The third kappa shape index (κ3) is 3.18. The van der Waals surface area contributed by atoms with Crippen LogP contribution in [-0.2, 0) is 0 Å². The van der Waals surface area contributed by atoms with E-state index in [9.17, 15) is 0 Å². The van der Waals surface area contributed by atoms with Gasteiger partial charge in [-0.2, -0.15) is 0 Å². The first-order chi connectivity index (χ1) is 14.1. The van der Waals surface area contributed by atoms with Crippen molar-refractivity contribution in [1.82, 2.24) is 0 Å². The van der Waals surface area contributed by atoms with Gasteiger partial charge in [0.15, 0.2) is 0 Å². The molecule has 0 saturated carbocycles. The molecular formula is C27H26BrP. The molecule has 0 aromatic heterocycles. The van der Waals surface area contributed by atoms with E-state index >= 15 is 0 Å². The van der Waals surface area contributed by atoms with Crippen molar-refractivity contribution in [2.75, 3.05) is 0 Å². The summed E-state index contributed by atoms with van der Waals surface area (Å²) in [5.41, 5.74) is 1.36. The second kappa shape index (κ2) is 7.90. The fourth-order valence-corrected chi connectivity index (χ4v) is 11.7. The predicted molar refractivity (Wildman–Crippen MR) is 134 cm³/mol. The molecule has 0 radical (unpaired) electrons. The van der Waals surface area contributed by atoms with E-state index in [1.807, 2.05) is 0 Å². The molecular weight excluding hydrogens is 435 g/mol. The maximum atomic E-state index is 4.54. The summed E-state index contributed by atoms with van der Waals surface area (Å²) in [5.74, 6) is 0.471. The van der Waals surface area contributed by atoms with E-state index in [2.05, 4.69) is 145 Å². The number of hydrogen-bond donors (Lipinski definition) is 0. The summed E-state index contributed by atoms with van der Waals surface area (Å²) in [7, 11) is 0. The summed E-state index contributed by atoms with van der Waals surface area (Å²) in [5, 5.41) is 2.20. The molecule has 146 valence electrons. The topological polar surface area (TPSA) is 0 Å². The molecule has 4 rings (SSSR count). The average molecular weight is 461 g/mol. The molecule has 0 aliphatic carbocycles. The van der Waals surface area contributed by atoms with Crippen molar-refractivity contribution in [2.45, 2.75) is 19.8 Å². The van der Waals surface area contributed by atoms with Gasteiger partial charge in [0, 0.05) is 0 Å². The van der Waals surface area contributed by atoms with Gasteiger partial charge in [-0.15, -0.1) is 0 Å². The molecule has 0 nitrogen and oxygen atoms in total. The Morgan fingerprint density at radius 1 is 0.517 bits per heavy atom. The van der Waals surface area contributed by atoms with Crippen LogP contribution in [0.4, 0.5) is 0 Å². The Labute approximate surface area is 182 Å². The van der Waals surface area contributed by atoms with E-state index in [4.69, 9.17) is 0 Å². The maximum absolute atomic E-state index is 4.54. The molecule has 0 heterocycles. The third-order valence-electron chi connectivity index (χ3n) is 5.75. The number of halogens is 1. The third-order valence-corrected chi connectivity index (χ3v) is 15.7. The molecule has 0 amide bonds. The van der Waals surface area contributed by atoms with Crippen LogP contribution in [0, 0.1) is 0 Å². The summed E-state index contributed by atoms with van der Waals surface area (Å²) < 4.78 is 0. The molecule has 4 aromatic carbocycles. The van der Waals surface area contributed by atoms with E-state index in [1.54, 1.807) is 0 Å². The fourth-order valence-electron chi connectivity index (χ4n) is 4.16. The van der Waals surface area contributed by atoms with Crippen molar-refractivity contribution in [1.29, 1.82) is 0 Å². The monoisotopic (exact) mass is 460 g/mol. The molecule has 0 saturated heterocycles. The van der Waals surface area contributed by atoms with Gasteiger partial charge < -0.3 is 0 Å². The molecule has 4 aromatic rings. The Kier molecular flexibility index (Phi) is 5.47. The molecule has 0 aliphatic heterocycles. The average Bonchev–Trinajstić information content (AvgIpc) is 2.80. The van der Waals surface area contributed by atoms with Crippen LogP contribution in [0.5, 0.6) is 0 Å². The van der Waals surface area contributed by atoms with E-state index < -0.39 is 5.31 Å². The second-order valence-corrected chi connectivity index (χ2v) is 16.1. The van der Waals surface area contributed by atoms with Crippen LogP contribution in [0.15, 0.2) is 115 Å². The first kappa shape index (κ1) is 20.1. The Morgan fingerprint density at radius 3 is 1.28 bits per heavy atom. The van der Waals surface area contributed by atoms with Gasteiger partial charge in [0.2, 0.25) is 0 Å². The molecule has 0 spiro atoms. The molecule has 0 unspecified atom stereocenters. The van der Waals surface area contributed by atoms with E-state index in [1.165, 1.54) is 26.8 Å². The van der Waals surface area contributed by atoms with Crippen molar-refractivity contribution < 1.29 is 0 Å². The Bertz CT molecular complexity index is 990. The van der Waals surface area contributed by atoms with E-state index in [0.717, 1.165) is 0 Å². The quantitative estimate of drug-likeness (QED) is 0.307. The van der Waals surface area contributed by atoms with E-state index in [-0.39, 0.29) is 0 Å². The van der Waals surface area contributed by atoms with Crippen molar-refractivity contribution in [3.05, 3.63) is 121 Å². The molecule has 0 atom stereocenters. The van der Waals surface area contributed by atoms with Crippen molar-refractivity contribution in [3.63, 3.8) is 0 Å². The Morgan fingerprint density at radius 2 is 0.897 bits per heavy atom. The zero-order valence-corrected chi connectivity index (χ0v) is 19.4. The zero-order valence-electron chi connectivity index (χ0n) is 16.9. The van der Waals surface area contributed by atoms with Gasteiger partial charge in [-0.1, -0.05) is 0 Å². The summed E-state index contributed by atoms with van der Waals surface area (Å²) in [6.07, 6.45) is 0. The summed E-state index contributed by atoms with van der Waals surface area (Å²) in [6.45, 7) is 4.52. The van der Waals surface area contributed by atoms with Crippen molar-refractivity contribution in [3.8, 4) is 0 Å². The zero-order chi connectivity index (χ0) is 20.3. The summed E-state index contributed by atoms with van der Waals surface area (Å²) in [4.78, 5) is 0. The van der Waals surface area contributed by atoms with Gasteiger partial charge in [-0.3, -0.25) is 0 Å². The molecule has 2 heteroatoms. The van der Waals surface area contributed by atoms with Crippen LogP contribution in [-0.4, -0.2) is 0 Å². The van der Waals surface area contributed by atoms with Gasteiger partial charge >= 0.3 is 183 Å². The second-order valence-electron chi connectivity index (χ2n) is 7.77. The van der Waals surface area contributed by atoms with Crippen LogP contribution in [0.3, 0.4) is 0 Å². The van der Waals surface area contributed by atoms with Crippen molar-refractivity contribution >= 4 is 42.0 Å². The Hall–Kier alpha value is -2.21. The number of hydrogen-bond acceptors (Lipinski definition) is 0. The van der Waals surface area contributed by atoms with Gasteiger partial charge in [-0.05, 0) is 0 Å². The molecule has 0 aliphatic rings. The van der Waals surface area contributed by atoms with Gasteiger partial charge in [0.1, 0.15) is 0 Å². The number of benzene rings is 4. The number of rotatable bonds is 5. The predicted octanol–water partition coefficient (Wildman–Crippen LogP) is 6.28. The van der Waals surface area contributed by atoms with E-state index in [0.29, 0.717) is 5.92 Å². The first-order valence-electron chi connectivity index (χ1n) is 10.1. The minimum absolute atomic E-state index is 0.471. The normalized spacial score (nSPS) is 13.0. The van der Waals surface area contributed by atoms with Crippen LogP contribution in [0.2, 0.25) is 0 Å². The standard InChI is InChI=1S/C27H26BrP/c1-22(2)23-13-12-20-27(21-23)29(28,24-14-6-3-7-15-24,25-16-8-4-9-17-25)26-18-10-5-11-19-26/h3-22H,1-2H3. The SMILES string of the molecule is CC(C)c1cccc(P(Br)(c2ccccc2)(c2ccccc2)c2ccccc2)c1. The van der Waals surface area contributed by atoms with Gasteiger partial charge in [0.25, 0.3) is 0 Å². The van der Waals surface area contributed by atoms with Crippen LogP contribution in [0.25, 0.3) is 0 Å². The fraction of sp³-hybridized carbons (Fsp3) is 0.111. The molecule has 29 heavy (non-hydrogen) atoms. The van der Waals surface area contributed by atoms with Crippen molar-refractivity contribution in [2.24, 2.45) is 0 Å². The van der Waals surface area contributed by atoms with Crippen LogP contribution < -0.4 is 21.2 Å². The first-order valence-corrected chi connectivity index (χ1v) is 14.3. The molecule has 0 bridgehead atoms.